The number of hydrogen-bond acceptors (Lipinski definition) is 3. The normalized spacial score (nSPS) is 11.8. The van der Waals surface area contributed by atoms with Crippen molar-refractivity contribution in [2.24, 2.45) is 0 Å². The molecule has 0 heterocycles. The molecule has 300 valence electrons. The predicted molar refractivity (Wildman–Crippen MR) is 222 cm³/mol. The van der Waals surface area contributed by atoms with Crippen molar-refractivity contribution in [1.29, 1.82) is 0 Å². The number of hydrogen-bond donors (Lipinski definition) is 1. The summed E-state index contributed by atoms with van der Waals surface area (Å²) in [5.74, 6) is 0.506. The quantitative estimate of drug-likeness (QED) is 0.0637. The average Bonchev–Trinajstić information content (AvgIpc) is 3.10. The summed E-state index contributed by atoms with van der Waals surface area (Å²) in [6.07, 6.45) is 45.7. The van der Waals surface area contributed by atoms with Gasteiger partial charge in [-0.3, -0.25) is 4.79 Å². The summed E-state index contributed by atoms with van der Waals surface area (Å²) in [5.41, 5.74) is 0. The first-order valence-electron chi connectivity index (χ1n) is 22.7. The van der Waals surface area contributed by atoms with Crippen molar-refractivity contribution in [3.8, 4) is 0 Å². The minimum Gasteiger partial charge on any atom is -0.343 e. The van der Waals surface area contributed by atoms with Crippen LogP contribution in [0.25, 0.3) is 0 Å². The van der Waals surface area contributed by atoms with Crippen LogP contribution < -0.4 is 4.72 Å². The Kier molecular flexibility index (Phi) is 39.1. The zero-order chi connectivity index (χ0) is 36.6. The molecule has 0 saturated heterocycles. The fraction of sp³-hybridized carbons (Fsp3) is 0.977. The number of sulfonamides is 1. The molecule has 1 N–H and O–H groups in total. The lowest BCUT2D eigenvalue weighted by atomic mass is 10.0. The molecular formula is C44H90N2O3S. The summed E-state index contributed by atoms with van der Waals surface area (Å²) in [4.78, 5) is 14.7. The van der Waals surface area contributed by atoms with E-state index in [0.717, 1.165) is 58.0 Å². The van der Waals surface area contributed by atoms with Crippen LogP contribution in [0.15, 0.2) is 0 Å². The summed E-state index contributed by atoms with van der Waals surface area (Å²) in [5, 5.41) is 0. The maximum Gasteiger partial charge on any atom is 0.222 e. The first-order chi connectivity index (χ1) is 24.5. The number of rotatable bonds is 42. The van der Waals surface area contributed by atoms with Gasteiger partial charge < -0.3 is 4.90 Å². The second-order valence-electron chi connectivity index (χ2n) is 15.6. The van der Waals surface area contributed by atoms with Crippen molar-refractivity contribution in [2.45, 2.75) is 252 Å². The minimum atomic E-state index is -3.18. The Morgan fingerprint density at radius 2 is 0.740 bits per heavy atom. The maximum absolute atomic E-state index is 12.7. The van der Waals surface area contributed by atoms with Crippen LogP contribution in [-0.4, -0.2) is 44.6 Å². The fourth-order valence-corrected chi connectivity index (χ4v) is 8.37. The van der Waals surface area contributed by atoms with E-state index in [-0.39, 0.29) is 11.7 Å². The van der Waals surface area contributed by atoms with E-state index in [1.807, 2.05) is 4.90 Å². The molecule has 0 aliphatic carbocycles. The van der Waals surface area contributed by atoms with Gasteiger partial charge in [-0.1, -0.05) is 213 Å². The third kappa shape index (κ3) is 37.1. The lowest BCUT2D eigenvalue weighted by Gasteiger charge is -2.21. The summed E-state index contributed by atoms with van der Waals surface area (Å²) in [6, 6.07) is 0. The first-order valence-corrected chi connectivity index (χ1v) is 24.4. The molecule has 0 unspecified atom stereocenters. The minimum absolute atomic E-state index is 0.245. The zero-order valence-electron chi connectivity index (χ0n) is 34.4. The van der Waals surface area contributed by atoms with E-state index >= 15 is 0 Å². The molecule has 0 spiro atoms. The Hall–Kier alpha value is -0.620. The highest BCUT2D eigenvalue weighted by molar-refractivity contribution is 7.89. The van der Waals surface area contributed by atoms with Crippen molar-refractivity contribution in [2.75, 3.05) is 25.4 Å². The molecule has 0 fully saturated rings. The molecule has 0 aliphatic rings. The van der Waals surface area contributed by atoms with Gasteiger partial charge in [0.1, 0.15) is 0 Å². The lowest BCUT2D eigenvalue weighted by molar-refractivity contribution is -0.131. The van der Waals surface area contributed by atoms with Gasteiger partial charge in [-0.05, 0) is 32.6 Å². The topological polar surface area (TPSA) is 66.5 Å². The van der Waals surface area contributed by atoms with Gasteiger partial charge in [0, 0.05) is 26.1 Å². The van der Waals surface area contributed by atoms with E-state index < -0.39 is 10.0 Å². The van der Waals surface area contributed by atoms with Gasteiger partial charge >= 0.3 is 0 Å². The second-order valence-corrected chi connectivity index (χ2v) is 17.5. The molecule has 0 bridgehead atoms. The first kappa shape index (κ1) is 49.4. The molecular weight excluding hydrogens is 637 g/mol. The molecule has 0 saturated carbocycles. The van der Waals surface area contributed by atoms with E-state index in [9.17, 15) is 13.2 Å². The van der Waals surface area contributed by atoms with Crippen LogP contribution in [0.4, 0.5) is 0 Å². The molecule has 6 heteroatoms. The van der Waals surface area contributed by atoms with E-state index in [0.29, 0.717) is 13.0 Å². The van der Waals surface area contributed by atoms with Crippen molar-refractivity contribution in [3.63, 3.8) is 0 Å². The van der Waals surface area contributed by atoms with Crippen LogP contribution in [0.1, 0.15) is 252 Å². The molecule has 0 aliphatic heterocycles. The zero-order valence-corrected chi connectivity index (χ0v) is 35.2. The van der Waals surface area contributed by atoms with Gasteiger partial charge in [0.25, 0.3) is 0 Å². The third-order valence-corrected chi connectivity index (χ3v) is 12.1. The molecule has 0 atom stereocenters. The number of nitrogens with zero attached hydrogens (tertiary/aromatic N) is 1. The van der Waals surface area contributed by atoms with Crippen LogP contribution >= 0.6 is 0 Å². The highest BCUT2D eigenvalue weighted by Gasteiger charge is 2.12. The Bertz CT molecular complexity index is 788. The number of amides is 1. The van der Waals surface area contributed by atoms with Crippen molar-refractivity contribution >= 4 is 15.9 Å². The summed E-state index contributed by atoms with van der Waals surface area (Å²) < 4.78 is 27.5. The largest absolute Gasteiger partial charge is 0.343 e. The molecule has 0 aromatic heterocycles. The number of carbonyl (C=O) groups excluding carboxylic acids is 1. The van der Waals surface area contributed by atoms with Gasteiger partial charge in [-0.2, -0.15) is 0 Å². The van der Waals surface area contributed by atoms with Gasteiger partial charge in [0.15, 0.2) is 0 Å². The summed E-state index contributed by atoms with van der Waals surface area (Å²) >= 11 is 0. The molecule has 0 aromatic carbocycles. The van der Waals surface area contributed by atoms with Crippen LogP contribution in [0.5, 0.6) is 0 Å². The number of carbonyl (C=O) groups is 1. The van der Waals surface area contributed by atoms with Gasteiger partial charge in [0.2, 0.25) is 15.9 Å². The molecule has 0 radical (unpaired) electrons. The van der Waals surface area contributed by atoms with E-state index in [1.54, 1.807) is 0 Å². The van der Waals surface area contributed by atoms with Crippen molar-refractivity contribution < 1.29 is 13.2 Å². The Balaban J connectivity index is 3.55. The van der Waals surface area contributed by atoms with Gasteiger partial charge in [-0.15, -0.1) is 0 Å². The monoisotopic (exact) mass is 727 g/mol. The number of nitrogens with one attached hydrogen (secondary N) is 1. The van der Waals surface area contributed by atoms with Crippen LogP contribution in [0.2, 0.25) is 0 Å². The maximum atomic E-state index is 12.7. The standard InChI is InChI=1S/C44H90N2O3S/c1-4-7-9-11-13-15-17-19-21-23-25-27-29-31-33-38-42-46(6-3)44(47)40-36-35-37-41-45-50(48,49)43-39-34-32-30-28-26-24-22-20-18-16-14-12-10-8-5-2/h45H,4-43H2,1-3H3. The molecule has 50 heavy (non-hydrogen) atoms. The van der Waals surface area contributed by atoms with E-state index in [2.05, 4.69) is 25.5 Å². The second kappa shape index (κ2) is 39.6. The summed E-state index contributed by atoms with van der Waals surface area (Å²) in [7, 11) is -3.18. The SMILES string of the molecule is CCCCCCCCCCCCCCCCCCN(CC)C(=O)CCCCCNS(=O)(=O)CCCCCCCCCCCCCCCCCC. The average molecular weight is 727 g/mol. The Morgan fingerprint density at radius 1 is 0.420 bits per heavy atom. The van der Waals surface area contributed by atoms with Crippen molar-refractivity contribution in [3.05, 3.63) is 0 Å². The van der Waals surface area contributed by atoms with Crippen LogP contribution in [-0.2, 0) is 14.8 Å². The van der Waals surface area contributed by atoms with E-state index in [4.69, 9.17) is 0 Å². The smallest absolute Gasteiger partial charge is 0.222 e. The highest BCUT2D eigenvalue weighted by atomic mass is 32.2. The Morgan fingerprint density at radius 3 is 1.10 bits per heavy atom. The fourth-order valence-electron chi connectivity index (χ4n) is 7.19. The summed E-state index contributed by atoms with van der Waals surface area (Å²) in [6.45, 7) is 8.81. The van der Waals surface area contributed by atoms with Crippen LogP contribution in [0.3, 0.4) is 0 Å². The molecule has 0 aromatic rings. The number of unbranched alkanes of at least 4 members (excludes halogenated alkanes) is 32. The Labute approximate surface area is 315 Å². The van der Waals surface area contributed by atoms with Crippen molar-refractivity contribution in [1.82, 2.24) is 9.62 Å². The molecule has 1 amide bonds. The van der Waals surface area contributed by atoms with E-state index in [1.165, 1.54) is 180 Å². The third-order valence-electron chi connectivity index (χ3n) is 10.7. The molecule has 5 nitrogen and oxygen atoms in total. The molecule has 0 rings (SSSR count). The van der Waals surface area contributed by atoms with Crippen LogP contribution in [0, 0.1) is 0 Å². The lowest BCUT2D eigenvalue weighted by Crippen LogP contribution is -2.31. The van der Waals surface area contributed by atoms with Gasteiger partial charge in [0.05, 0.1) is 5.75 Å². The van der Waals surface area contributed by atoms with Gasteiger partial charge in [-0.25, -0.2) is 13.1 Å². The highest BCUT2D eigenvalue weighted by Crippen LogP contribution is 2.16. The predicted octanol–water partition coefficient (Wildman–Crippen LogP) is 13.8.